The molecule has 19 heavy (non-hydrogen) atoms. The van der Waals surface area contributed by atoms with Gasteiger partial charge in [0, 0.05) is 11.5 Å². The summed E-state index contributed by atoms with van der Waals surface area (Å²) in [6.45, 7) is 9.81. The number of ether oxygens (including phenoxy) is 1. The molecule has 0 aromatic heterocycles. The topological polar surface area (TPSA) is 66.8 Å². The van der Waals surface area contributed by atoms with Crippen molar-refractivity contribution in [3.8, 4) is 0 Å². The summed E-state index contributed by atoms with van der Waals surface area (Å²) < 4.78 is 5.46. The fourth-order valence-corrected chi connectivity index (χ4v) is 4.14. The predicted molar refractivity (Wildman–Crippen MR) is 69.0 cm³/mol. The fraction of sp³-hybridized carbons (Fsp3) is 0.667. The van der Waals surface area contributed by atoms with Gasteiger partial charge in [-0.3, -0.25) is 0 Å². The molecule has 0 radical (unpaired) electrons. The second-order valence-electron chi connectivity index (χ2n) is 6.20. The van der Waals surface area contributed by atoms with Crippen LogP contribution in [0, 0.1) is 23.7 Å². The Morgan fingerprint density at radius 1 is 1.26 bits per heavy atom. The van der Waals surface area contributed by atoms with E-state index in [1.807, 2.05) is 6.92 Å². The number of fused-ring (bicyclic) bond motifs is 3. The van der Waals surface area contributed by atoms with Gasteiger partial charge in [0.25, 0.3) is 0 Å². The zero-order chi connectivity index (χ0) is 13.9. The molecule has 1 heterocycles. The van der Waals surface area contributed by atoms with E-state index < -0.39 is 18.2 Å². The van der Waals surface area contributed by atoms with E-state index in [9.17, 15) is 15.0 Å². The van der Waals surface area contributed by atoms with Gasteiger partial charge in [-0.1, -0.05) is 25.7 Å². The maximum Gasteiger partial charge on any atom is 0.334 e. The third kappa shape index (κ3) is 1.70. The molecular formula is C15H20O4. The molecule has 3 rings (SSSR count). The van der Waals surface area contributed by atoms with Crippen molar-refractivity contribution in [3.63, 3.8) is 0 Å². The zero-order valence-corrected chi connectivity index (χ0v) is 11.1. The molecule has 0 aromatic carbocycles. The van der Waals surface area contributed by atoms with E-state index in [0.29, 0.717) is 18.4 Å². The predicted octanol–water partition coefficient (Wildman–Crippen LogP) is 1.04. The Bertz CT molecular complexity index is 455. The summed E-state index contributed by atoms with van der Waals surface area (Å²) in [6, 6.07) is 0. The first-order chi connectivity index (χ1) is 8.91. The van der Waals surface area contributed by atoms with Crippen molar-refractivity contribution in [1.82, 2.24) is 0 Å². The Kier molecular flexibility index (Phi) is 2.84. The summed E-state index contributed by atoms with van der Waals surface area (Å²) >= 11 is 0. The maximum atomic E-state index is 11.7. The Balaban J connectivity index is 2.03. The fourth-order valence-electron chi connectivity index (χ4n) is 4.14. The van der Waals surface area contributed by atoms with Crippen LogP contribution < -0.4 is 0 Å². The van der Waals surface area contributed by atoms with Crippen LogP contribution in [0.2, 0.25) is 0 Å². The SMILES string of the molecule is C=C1C(=O)O[C@@H]2[C@@H]1[C@@H](O)CC(=C)[C@H]1C[C@H](O)[C@H](C)[C@@H]21. The van der Waals surface area contributed by atoms with Crippen LogP contribution >= 0.6 is 0 Å². The van der Waals surface area contributed by atoms with Crippen molar-refractivity contribution >= 4 is 5.97 Å². The van der Waals surface area contributed by atoms with E-state index in [2.05, 4.69) is 13.2 Å². The summed E-state index contributed by atoms with van der Waals surface area (Å²) in [5, 5.41) is 20.4. The molecule has 3 aliphatic rings. The molecule has 4 heteroatoms. The van der Waals surface area contributed by atoms with Crippen LogP contribution in [0.25, 0.3) is 0 Å². The van der Waals surface area contributed by atoms with E-state index in [1.165, 1.54) is 0 Å². The number of hydrogen-bond donors (Lipinski definition) is 2. The van der Waals surface area contributed by atoms with Crippen molar-refractivity contribution in [2.45, 2.75) is 38.1 Å². The minimum Gasteiger partial charge on any atom is -0.458 e. The van der Waals surface area contributed by atoms with Crippen molar-refractivity contribution in [2.24, 2.45) is 23.7 Å². The third-order valence-corrected chi connectivity index (χ3v) is 5.23. The molecule has 3 fully saturated rings. The number of aliphatic hydroxyl groups is 2. The highest BCUT2D eigenvalue weighted by Gasteiger charge is 2.56. The molecule has 104 valence electrons. The van der Waals surface area contributed by atoms with Crippen molar-refractivity contribution in [1.29, 1.82) is 0 Å². The minimum absolute atomic E-state index is 0.0350. The quantitative estimate of drug-likeness (QED) is 0.390. The van der Waals surface area contributed by atoms with Gasteiger partial charge < -0.3 is 14.9 Å². The van der Waals surface area contributed by atoms with Crippen LogP contribution in [0.5, 0.6) is 0 Å². The summed E-state index contributed by atoms with van der Waals surface area (Å²) in [4.78, 5) is 11.7. The number of esters is 1. The van der Waals surface area contributed by atoms with Gasteiger partial charge >= 0.3 is 5.97 Å². The number of aliphatic hydroxyl groups excluding tert-OH is 2. The van der Waals surface area contributed by atoms with Crippen LogP contribution in [0.1, 0.15) is 19.8 Å². The molecule has 0 bridgehead atoms. The van der Waals surface area contributed by atoms with Crippen molar-refractivity contribution < 1.29 is 19.7 Å². The number of carbonyl (C=O) groups excluding carboxylic acids is 1. The van der Waals surface area contributed by atoms with E-state index in [1.54, 1.807) is 0 Å². The van der Waals surface area contributed by atoms with Crippen LogP contribution in [0.15, 0.2) is 24.3 Å². The lowest BCUT2D eigenvalue weighted by Crippen LogP contribution is -2.36. The average molecular weight is 264 g/mol. The minimum atomic E-state index is -0.661. The van der Waals surface area contributed by atoms with E-state index >= 15 is 0 Å². The van der Waals surface area contributed by atoms with Crippen LogP contribution in [-0.2, 0) is 9.53 Å². The third-order valence-electron chi connectivity index (χ3n) is 5.23. The Labute approximate surface area is 112 Å². The highest BCUT2D eigenvalue weighted by atomic mass is 16.6. The Morgan fingerprint density at radius 2 is 1.95 bits per heavy atom. The molecule has 2 N–H and O–H groups in total. The average Bonchev–Trinajstić information content (AvgIpc) is 2.75. The molecule has 2 aliphatic carbocycles. The second-order valence-corrected chi connectivity index (χ2v) is 6.20. The molecule has 0 amide bonds. The monoisotopic (exact) mass is 264 g/mol. The van der Waals surface area contributed by atoms with Crippen LogP contribution in [-0.4, -0.2) is 34.5 Å². The van der Waals surface area contributed by atoms with Gasteiger partial charge in [0.1, 0.15) is 6.10 Å². The largest absolute Gasteiger partial charge is 0.458 e. The first-order valence-corrected chi connectivity index (χ1v) is 6.85. The standard InChI is InChI=1S/C15H20O4/c1-6-4-11(17)13-8(3)15(18)19-14(13)12-7(2)10(16)5-9(6)12/h7,9-14,16-17H,1,3-5H2,2H3/t7-,9+,10-,11-,12+,13-,14-/m0/s1. The second kappa shape index (κ2) is 4.18. The van der Waals surface area contributed by atoms with E-state index in [0.717, 1.165) is 5.57 Å². The van der Waals surface area contributed by atoms with E-state index in [-0.39, 0.29) is 29.8 Å². The lowest BCUT2D eigenvalue weighted by Gasteiger charge is -2.29. The summed E-state index contributed by atoms with van der Waals surface area (Å²) in [7, 11) is 0. The molecule has 1 saturated heterocycles. The summed E-state index contributed by atoms with van der Waals surface area (Å²) in [5.41, 5.74) is 1.32. The van der Waals surface area contributed by atoms with Gasteiger partial charge in [-0.25, -0.2) is 4.79 Å². The molecule has 0 spiro atoms. The maximum absolute atomic E-state index is 11.7. The van der Waals surface area contributed by atoms with Crippen LogP contribution in [0.3, 0.4) is 0 Å². The zero-order valence-electron chi connectivity index (χ0n) is 11.1. The van der Waals surface area contributed by atoms with Gasteiger partial charge in [0.05, 0.1) is 18.1 Å². The summed E-state index contributed by atoms with van der Waals surface area (Å²) in [6.07, 6.45) is -0.324. The molecule has 2 saturated carbocycles. The molecular weight excluding hydrogens is 244 g/mol. The first kappa shape index (κ1) is 12.9. The van der Waals surface area contributed by atoms with Gasteiger partial charge in [-0.2, -0.15) is 0 Å². The van der Waals surface area contributed by atoms with Gasteiger partial charge in [0.15, 0.2) is 0 Å². The normalized spacial score (nSPS) is 49.6. The number of rotatable bonds is 0. The van der Waals surface area contributed by atoms with Gasteiger partial charge in [0.2, 0.25) is 0 Å². The Morgan fingerprint density at radius 3 is 2.63 bits per heavy atom. The van der Waals surface area contributed by atoms with Crippen molar-refractivity contribution in [2.75, 3.05) is 0 Å². The molecule has 7 atom stereocenters. The van der Waals surface area contributed by atoms with Crippen LogP contribution in [0.4, 0.5) is 0 Å². The highest BCUT2D eigenvalue weighted by molar-refractivity contribution is 5.91. The van der Waals surface area contributed by atoms with Gasteiger partial charge in [-0.15, -0.1) is 0 Å². The lowest BCUT2D eigenvalue weighted by atomic mass is 9.79. The molecule has 0 aromatic rings. The lowest BCUT2D eigenvalue weighted by molar-refractivity contribution is -0.143. The summed E-state index contributed by atoms with van der Waals surface area (Å²) in [5.74, 6) is -0.569. The highest BCUT2D eigenvalue weighted by Crippen LogP contribution is 2.52. The van der Waals surface area contributed by atoms with E-state index in [4.69, 9.17) is 4.74 Å². The van der Waals surface area contributed by atoms with Crippen molar-refractivity contribution in [3.05, 3.63) is 24.3 Å². The molecule has 1 aliphatic heterocycles. The molecule has 0 unspecified atom stereocenters. The Hall–Kier alpha value is -1.13. The van der Waals surface area contributed by atoms with Gasteiger partial charge in [-0.05, 0) is 24.7 Å². The number of carbonyl (C=O) groups is 1. The smallest absolute Gasteiger partial charge is 0.334 e. The first-order valence-electron chi connectivity index (χ1n) is 6.85. The number of hydrogen-bond acceptors (Lipinski definition) is 4. The molecule has 4 nitrogen and oxygen atoms in total.